The molecule has 0 spiro atoms. The molecule has 1 saturated heterocycles. The van der Waals surface area contributed by atoms with Crippen molar-refractivity contribution in [2.45, 2.75) is 36.1 Å². The summed E-state index contributed by atoms with van der Waals surface area (Å²) in [6, 6.07) is 3.00. The van der Waals surface area contributed by atoms with Crippen LogP contribution in [-0.2, 0) is 19.9 Å². The van der Waals surface area contributed by atoms with Crippen molar-refractivity contribution >= 4 is 42.8 Å². The summed E-state index contributed by atoms with van der Waals surface area (Å²) in [6.07, 6.45) is 1.08. The highest BCUT2D eigenvalue weighted by atomic mass is 35.5. The number of thiophene rings is 1. The predicted molar refractivity (Wildman–Crippen MR) is 89.7 cm³/mol. The Hall–Kier alpha value is -0.150. The van der Waals surface area contributed by atoms with Gasteiger partial charge in [-0.05, 0) is 30.9 Å². The highest BCUT2D eigenvalue weighted by Gasteiger charge is 2.36. The van der Waals surface area contributed by atoms with Gasteiger partial charge in [0.05, 0.1) is 15.3 Å². The Morgan fingerprint density at radius 1 is 1.32 bits per heavy atom. The van der Waals surface area contributed by atoms with E-state index in [1.54, 1.807) is 0 Å². The molecule has 0 amide bonds. The zero-order chi connectivity index (χ0) is 16.5. The van der Waals surface area contributed by atoms with Gasteiger partial charge in [-0.3, -0.25) is 0 Å². The minimum absolute atomic E-state index is 0.0346. The highest BCUT2D eigenvalue weighted by Crippen LogP contribution is 2.30. The second-order valence-corrected chi connectivity index (χ2v) is 12.1. The van der Waals surface area contributed by atoms with E-state index in [0.717, 1.165) is 11.3 Å². The molecular weight excluding hydrogens is 366 g/mol. The Kier molecular flexibility index (Phi) is 5.59. The first-order valence-corrected chi connectivity index (χ1v) is 11.4. The van der Waals surface area contributed by atoms with Crippen LogP contribution in [0.15, 0.2) is 16.3 Å². The zero-order valence-corrected chi connectivity index (χ0v) is 15.7. The summed E-state index contributed by atoms with van der Waals surface area (Å²) in [5.41, 5.74) is 0. The molecule has 0 radical (unpaired) electrons. The van der Waals surface area contributed by atoms with Crippen molar-refractivity contribution in [3.63, 3.8) is 0 Å². The maximum Gasteiger partial charge on any atom is 0.252 e. The average Bonchev–Trinajstić information content (AvgIpc) is 2.85. The lowest BCUT2D eigenvalue weighted by Crippen LogP contribution is -2.45. The molecule has 126 valence electrons. The third-order valence-corrected chi connectivity index (χ3v) is 9.65. The average molecular weight is 386 g/mol. The number of hydrogen-bond donors (Lipinski definition) is 0. The molecule has 5 nitrogen and oxygen atoms in total. The second-order valence-electron chi connectivity index (χ2n) is 5.91. The van der Waals surface area contributed by atoms with E-state index >= 15 is 0 Å². The Morgan fingerprint density at radius 2 is 2.00 bits per heavy atom. The van der Waals surface area contributed by atoms with E-state index in [1.807, 2.05) is 13.8 Å². The quantitative estimate of drug-likeness (QED) is 0.781. The molecule has 0 bridgehead atoms. The SMILES string of the molecule is CC(C)CS(=O)(=O)[C@H]1CCCN(S(=O)(=O)c2ccc(Cl)s2)C1. The molecule has 0 N–H and O–H groups in total. The Balaban J connectivity index is 2.20. The number of nitrogens with zero attached hydrogens (tertiary/aromatic N) is 1. The molecule has 0 saturated carbocycles. The lowest BCUT2D eigenvalue weighted by atomic mass is 10.2. The number of sulfone groups is 1. The van der Waals surface area contributed by atoms with Gasteiger partial charge in [0.15, 0.2) is 9.84 Å². The Bertz CT molecular complexity index is 724. The van der Waals surface area contributed by atoms with Crippen molar-refractivity contribution < 1.29 is 16.8 Å². The number of rotatable bonds is 5. The molecule has 1 atom stereocenters. The van der Waals surface area contributed by atoms with Gasteiger partial charge in [-0.2, -0.15) is 4.31 Å². The number of hydrogen-bond acceptors (Lipinski definition) is 5. The van der Waals surface area contributed by atoms with Crippen LogP contribution in [-0.4, -0.2) is 45.2 Å². The van der Waals surface area contributed by atoms with Crippen LogP contribution in [0.3, 0.4) is 0 Å². The van der Waals surface area contributed by atoms with Gasteiger partial charge < -0.3 is 0 Å². The summed E-state index contributed by atoms with van der Waals surface area (Å²) < 4.78 is 51.7. The first-order valence-electron chi connectivity index (χ1n) is 7.10. The molecule has 1 fully saturated rings. The fourth-order valence-corrected chi connectivity index (χ4v) is 7.97. The molecule has 0 aromatic carbocycles. The van der Waals surface area contributed by atoms with Crippen molar-refractivity contribution in [2.24, 2.45) is 5.92 Å². The lowest BCUT2D eigenvalue weighted by molar-refractivity contribution is 0.346. The maximum absolute atomic E-state index is 12.6. The van der Waals surface area contributed by atoms with Crippen molar-refractivity contribution in [1.29, 1.82) is 0 Å². The van der Waals surface area contributed by atoms with Crippen LogP contribution in [0.2, 0.25) is 4.34 Å². The summed E-state index contributed by atoms with van der Waals surface area (Å²) in [7, 11) is -6.94. The molecule has 2 heterocycles. The Morgan fingerprint density at radius 3 is 2.55 bits per heavy atom. The molecule has 0 aliphatic carbocycles. The first kappa shape index (κ1) is 18.2. The van der Waals surface area contributed by atoms with Gasteiger partial charge in [-0.15, -0.1) is 11.3 Å². The molecule has 22 heavy (non-hydrogen) atoms. The summed E-state index contributed by atoms with van der Waals surface area (Å²) in [5.74, 6) is 0.129. The van der Waals surface area contributed by atoms with Gasteiger partial charge in [-0.25, -0.2) is 16.8 Å². The third kappa shape index (κ3) is 4.03. The molecule has 9 heteroatoms. The van der Waals surface area contributed by atoms with Gasteiger partial charge >= 0.3 is 0 Å². The lowest BCUT2D eigenvalue weighted by Gasteiger charge is -2.31. The van der Waals surface area contributed by atoms with Crippen LogP contribution in [0, 0.1) is 5.92 Å². The second kappa shape index (κ2) is 6.76. The first-order chi connectivity index (χ1) is 10.1. The highest BCUT2D eigenvalue weighted by molar-refractivity contribution is 7.92. The van der Waals surface area contributed by atoms with Gasteiger partial charge in [0.1, 0.15) is 4.21 Å². The minimum Gasteiger partial charge on any atom is -0.228 e. The molecule has 1 aliphatic heterocycles. The molecule has 1 aromatic rings. The van der Waals surface area contributed by atoms with Crippen molar-refractivity contribution in [3.8, 4) is 0 Å². The fourth-order valence-electron chi connectivity index (χ4n) is 2.58. The third-order valence-electron chi connectivity index (χ3n) is 3.56. The van der Waals surface area contributed by atoms with Gasteiger partial charge in [0.2, 0.25) is 0 Å². The largest absolute Gasteiger partial charge is 0.252 e. The summed E-state index contributed by atoms with van der Waals surface area (Å²) in [6.45, 7) is 4.09. The molecule has 2 rings (SSSR count). The van der Waals surface area contributed by atoms with Crippen LogP contribution in [0.5, 0.6) is 0 Å². The topological polar surface area (TPSA) is 71.5 Å². The summed E-state index contributed by atoms with van der Waals surface area (Å²) >= 11 is 6.80. The van der Waals surface area contributed by atoms with E-state index in [4.69, 9.17) is 11.6 Å². The van der Waals surface area contributed by atoms with Crippen LogP contribution in [0.1, 0.15) is 26.7 Å². The predicted octanol–water partition coefficient (Wildman–Crippen LogP) is 2.63. The normalized spacial score (nSPS) is 21.4. The molecule has 1 aromatic heterocycles. The molecule has 1 aliphatic rings. The number of sulfonamides is 1. The van der Waals surface area contributed by atoms with E-state index in [2.05, 4.69) is 0 Å². The standard InChI is InChI=1S/C13H20ClNO4S3/c1-10(2)9-21(16,17)11-4-3-7-15(8-11)22(18,19)13-6-5-12(14)20-13/h5-6,10-11H,3-4,7-9H2,1-2H3/t11-/m0/s1. The van der Waals surface area contributed by atoms with E-state index < -0.39 is 25.1 Å². The van der Waals surface area contributed by atoms with Gasteiger partial charge in [-0.1, -0.05) is 25.4 Å². The van der Waals surface area contributed by atoms with Crippen molar-refractivity contribution in [1.82, 2.24) is 4.31 Å². The van der Waals surface area contributed by atoms with E-state index in [9.17, 15) is 16.8 Å². The number of halogens is 1. The van der Waals surface area contributed by atoms with E-state index in [-0.39, 0.29) is 22.4 Å². The van der Waals surface area contributed by atoms with E-state index in [1.165, 1.54) is 16.4 Å². The molecular formula is C13H20ClNO4S3. The monoisotopic (exact) mass is 385 g/mol. The van der Waals surface area contributed by atoms with Crippen molar-refractivity contribution in [2.75, 3.05) is 18.8 Å². The summed E-state index contributed by atoms with van der Waals surface area (Å²) in [4.78, 5) is 0. The van der Waals surface area contributed by atoms with Crippen LogP contribution in [0.25, 0.3) is 0 Å². The Labute approximate surface area is 141 Å². The van der Waals surface area contributed by atoms with Gasteiger partial charge in [0, 0.05) is 13.1 Å². The summed E-state index contributed by atoms with van der Waals surface area (Å²) in [5, 5.41) is -0.617. The van der Waals surface area contributed by atoms with Crippen molar-refractivity contribution in [3.05, 3.63) is 16.5 Å². The van der Waals surface area contributed by atoms with Crippen LogP contribution in [0.4, 0.5) is 0 Å². The smallest absolute Gasteiger partial charge is 0.228 e. The zero-order valence-electron chi connectivity index (χ0n) is 12.5. The number of piperidine rings is 1. The van der Waals surface area contributed by atoms with Crippen LogP contribution < -0.4 is 0 Å². The minimum atomic E-state index is -3.66. The molecule has 0 unspecified atom stereocenters. The van der Waals surface area contributed by atoms with Gasteiger partial charge in [0.25, 0.3) is 10.0 Å². The maximum atomic E-state index is 12.6. The van der Waals surface area contributed by atoms with E-state index in [0.29, 0.717) is 23.7 Å². The van der Waals surface area contributed by atoms with Crippen LogP contribution >= 0.6 is 22.9 Å². The fraction of sp³-hybridized carbons (Fsp3) is 0.692.